The molecule has 3 aromatic rings. The summed E-state index contributed by atoms with van der Waals surface area (Å²) in [6, 6.07) is 19.1. The highest BCUT2D eigenvalue weighted by atomic mass is 32.2. The van der Waals surface area contributed by atoms with Gasteiger partial charge >= 0.3 is 0 Å². The van der Waals surface area contributed by atoms with Gasteiger partial charge in [-0.15, -0.1) is 0 Å². The third-order valence-corrected chi connectivity index (χ3v) is 5.07. The Morgan fingerprint density at radius 2 is 1.68 bits per heavy atom. The molecular formula is C21H15N4O2S+. The maximum atomic E-state index is 12.4. The van der Waals surface area contributed by atoms with E-state index in [-0.39, 0.29) is 34.2 Å². The number of aromatic amines is 1. The van der Waals surface area contributed by atoms with Crippen LogP contribution < -0.4 is 10.7 Å². The zero-order chi connectivity index (χ0) is 20.1. The maximum absolute atomic E-state index is 12.4. The van der Waals surface area contributed by atoms with E-state index in [0.717, 1.165) is 11.8 Å². The number of Topliss-reactive ketones (excluding diaryl/α,β-unsaturated/α-hetero) is 1. The molecule has 4 N–H and O–H groups in total. The van der Waals surface area contributed by atoms with Gasteiger partial charge in [-0.1, -0.05) is 54.2 Å². The largest absolute Gasteiger partial charge is 0.508 e. The quantitative estimate of drug-likeness (QED) is 0.512. The Morgan fingerprint density at radius 1 is 1.04 bits per heavy atom. The molecule has 6 nitrogen and oxygen atoms in total. The van der Waals surface area contributed by atoms with Gasteiger partial charge in [-0.25, -0.2) is 4.98 Å². The molecule has 0 aliphatic carbocycles. The van der Waals surface area contributed by atoms with E-state index in [4.69, 9.17) is 5.73 Å². The second kappa shape index (κ2) is 8.26. The van der Waals surface area contributed by atoms with Gasteiger partial charge in [-0.2, -0.15) is 10.5 Å². The van der Waals surface area contributed by atoms with Crippen LogP contribution in [-0.4, -0.2) is 16.6 Å². The minimum absolute atomic E-state index is 0.0688. The number of rotatable bonds is 5. The topological polar surface area (TPSA) is 125 Å². The third-order valence-electron chi connectivity index (χ3n) is 4.07. The van der Waals surface area contributed by atoms with Crippen LogP contribution >= 0.6 is 11.8 Å². The number of carbonyl (C=O) groups excluding carboxylic acids is 1. The van der Waals surface area contributed by atoms with E-state index in [2.05, 4.69) is 11.1 Å². The molecule has 28 heavy (non-hydrogen) atoms. The van der Waals surface area contributed by atoms with Crippen LogP contribution in [0.25, 0.3) is 11.1 Å². The number of anilines is 1. The lowest BCUT2D eigenvalue weighted by molar-refractivity contribution is -0.410. The molecule has 1 aromatic heterocycles. The average molecular weight is 387 g/mol. The molecule has 0 radical (unpaired) electrons. The number of phenolic OH excluding ortho intramolecular Hbond substituents is 1. The molecule has 2 aromatic carbocycles. The fourth-order valence-electron chi connectivity index (χ4n) is 2.71. The molecule has 7 heteroatoms. The van der Waals surface area contributed by atoms with Crippen LogP contribution in [0.3, 0.4) is 0 Å². The Hall–Kier alpha value is -3.81. The number of nitrogens with two attached hydrogens (primary N) is 1. The van der Waals surface area contributed by atoms with Crippen molar-refractivity contribution in [1.82, 2.24) is 0 Å². The first-order chi connectivity index (χ1) is 13.5. The molecular weight excluding hydrogens is 372 g/mol. The van der Waals surface area contributed by atoms with Crippen molar-refractivity contribution in [3.63, 3.8) is 0 Å². The number of hydrogen-bond donors (Lipinski definition) is 2. The molecule has 1 heterocycles. The molecule has 0 bridgehead atoms. The van der Waals surface area contributed by atoms with Crippen LogP contribution in [0.1, 0.15) is 21.5 Å². The maximum Gasteiger partial charge on any atom is 0.289 e. The Morgan fingerprint density at radius 3 is 2.29 bits per heavy atom. The number of ketones is 1. The Labute approximate surface area is 165 Å². The van der Waals surface area contributed by atoms with Crippen LogP contribution in [0.15, 0.2) is 59.6 Å². The summed E-state index contributed by atoms with van der Waals surface area (Å²) in [5.74, 6) is 0.200. The van der Waals surface area contributed by atoms with Gasteiger partial charge in [0.1, 0.15) is 29.0 Å². The number of nitrogen functional groups attached to an aromatic ring is 1. The van der Waals surface area contributed by atoms with Crippen LogP contribution in [0.2, 0.25) is 0 Å². The summed E-state index contributed by atoms with van der Waals surface area (Å²) in [5.41, 5.74) is 7.89. The zero-order valence-electron chi connectivity index (χ0n) is 14.6. The molecule has 0 atom stereocenters. The zero-order valence-corrected chi connectivity index (χ0v) is 15.5. The van der Waals surface area contributed by atoms with E-state index in [0.29, 0.717) is 21.7 Å². The third kappa shape index (κ3) is 3.80. The van der Waals surface area contributed by atoms with Crippen molar-refractivity contribution in [2.45, 2.75) is 5.03 Å². The number of thioether (sulfide) groups is 1. The first-order valence-corrected chi connectivity index (χ1v) is 9.23. The summed E-state index contributed by atoms with van der Waals surface area (Å²) >= 11 is 1.15. The molecule has 0 saturated carbocycles. The Kier molecular flexibility index (Phi) is 5.59. The smallest absolute Gasteiger partial charge is 0.289 e. The van der Waals surface area contributed by atoms with Gasteiger partial charge in [0.15, 0.2) is 10.8 Å². The van der Waals surface area contributed by atoms with Crippen molar-refractivity contribution in [3.05, 3.63) is 71.3 Å². The lowest BCUT2D eigenvalue weighted by atomic mass is 9.97. The number of aromatic nitrogens is 1. The van der Waals surface area contributed by atoms with Crippen LogP contribution in [0.4, 0.5) is 5.82 Å². The molecule has 0 fully saturated rings. The summed E-state index contributed by atoms with van der Waals surface area (Å²) in [7, 11) is 0. The molecule has 0 spiro atoms. The number of nitriles is 2. The summed E-state index contributed by atoms with van der Waals surface area (Å²) in [5, 5.41) is 29.2. The van der Waals surface area contributed by atoms with Crippen LogP contribution in [0.5, 0.6) is 5.75 Å². The van der Waals surface area contributed by atoms with Crippen molar-refractivity contribution < 1.29 is 14.9 Å². The van der Waals surface area contributed by atoms with E-state index >= 15 is 0 Å². The van der Waals surface area contributed by atoms with Crippen molar-refractivity contribution in [2.75, 3.05) is 11.5 Å². The summed E-state index contributed by atoms with van der Waals surface area (Å²) in [6.07, 6.45) is 0. The lowest BCUT2D eigenvalue weighted by Crippen LogP contribution is -2.19. The number of nitrogens with zero attached hydrogens (tertiary/aromatic N) is 2. The Bertz CT molecular complexity index is 1110. The SMILES string of the molecule is N#Cc1c(N)[nH+]c(SCC(=O)c2ccccc2)c(C#N)c1-c1ccc(O)cc1. The highest BCUT2D eigenvalue weighted by molar-refractivity contribution is 7.99. The van der Waals surface area contributed by atoms with Gasteiger partial charge in [0.25, 0.3) is 5.82 Å². The van der Waals surface area contributed by atoms with E-state index in [1.807, 2.05) is 12.1 Å². The molecule has 3 rings (SSSR count). The predicted octanol–water partition coefficient (Wildman–Crippen LogP) is 3.17. The van der Waals surface area contributed by atoms with Gasteiger partial charge in [-0.05, 0) is 17.7 Å². The number of nitrogens with one attached hydrogen (secondary N) is 1. The first-order valence-electron chi connectivity index (χ1n) is 8.24. The minimum atomic E-state index is -0.0861. The van der Waals surface area contributed by atoms with E-state index in [1.54, 1.807) is 36.4 Å². The second-order valence-electron chi connectivity index (χ2n) is 5.84. The fraction of sp³-hybridized carbons (Fsp3) is 0.0476. The van der Waals surface area contributed by atoms with Crippen molar-refractivity contribution in [2.24, 2.45) is 0 Å². The molecule has 0 amide bonds. The summed E-state index contributed by atoms with van der Waals surface area (Å²) in [4.78, 5) is 15.3. The van der Waals surface area contributed by atoms with Crippen molar-refractivity contribution in [3.8, 4) is 29.0 Å². The van der Waals surface area contributed by atoms with E-state index in [1.165, 1.54) is 12.1 Å². The highest BCUT2D eigenvalue weighted by Crippen LogP contribution is 2.34. The average Bonchev–Trinajstić information content (AvgIpc) is 2.72. The van der Waals surface area contributed by atoms with Gasteiger partial charge < -0.3 is 5.11 Å². The minimum Gasteiger partial charge on any atom is -0.508 e. The number of aromatic hydroxyl groups is 1. The molecule has 0 saturated heterocycles. The number of benzene rings is 2. The first kappa shape index (κ1) is 19.0. The van der Waals surface area contributed by atoms with Crippen LogP contribution in [0, 0.1) is 22.7 Å². The summed E-state index contributed by atoms with van der Waals surface area (Å²) < 4.78 is 0. The number of pyridine rings is 1. The summed E-state index contributed by atoms with van der Waals surface area (Å²) in [6.45, 7) is 0. The highest BCUT2D eigenvalue weighted by Gasteiger charge is 2.24. The standard InChI is InChI=1S/C21H14N4O2S/c22-10-16-19(14-6-8-15(26)9-7-14)17(11-23)21(25-20(16)24)28-12-18(27)13-4-2-1-3-5-13/h1-9,26H,12H2,(H2,24,25)/p+1. The number of hydrogen-bond acceptors (Lipinski definition) is 6. The molecule has 0 aliphatic heterocycles. The predicted molar refractivity (Wildman–Crippen MR) is 105 cm³/mol. The van der Waals surface area contributed by atoms with Crippen LogP contribution in [-0.2, 0) is 0 Å². The number of phenols is 1. The Balaban J connectivity index is 2.03. The normalized spacial score (nSPS) is 10.1. The second-order valence-corrected chi connectivity index (χ2v) is 6.83. The monoisotopic (exact) mass is 387 g/mol. The molecule has 136 valence electrons. The fourth-order valence-corrected chi connectivity index (χ4v) is 3.63. The number of H-pyrrole nitrogens is 1. The van der Waals surface area contributed by atoms with Gasteiger partial charge in [0.05, 0.1) is 5.75 Å². The lowest BCUT2D eigenvalue weighted by Gasteiger charge is -2.10. The van der Waals surface area contributed by atoms with Crippen molar-refractivity contribution in [1.29, 1.82) is 10.5 Å². The molecule has 0 aliphatic rings. The van der Waals surface area contributed by atoms with E-state index < -0.39 is 0 Å². The van der Waals surface area contributed by atoms with E-state index in [9.17, 15) is 20.4 Å². The van der Waals surface area contributed by atoms with Gasteiger partial charge in [-0.3, -0.25) is 10.5 Å². The van der Waals surface area contributed by atoms with Crippen molar-refractivity contribution >= 4 is 23.4 Å². The van der Waals surface area contributed by atoms with Gasteiger partial charge in [0, 0.05) is 11.1 Å². The number of carbonyl (C=O) groups is 1. The molecule has 0 unspecified atom stereocenters. The van der Waals surface area contributed by atoms with Gasteiger partial charge in [0.2, 0.25) is 0 Å².